The molecule has 0 aliphatic heterocycles. The molecule has 2 rings (SSSR count). The molecule has 0 bridgehead atoms. The molecule has 1 aromatic carbocycles. The van der Waals surface area contributed by atoms with Gasteiger partial charge in [-0.3, -0.25) is 4.79 Å². The van der Waals surface area contributed by atoms with Gasteiger partial charge in [-0.05, 0) is 18.2 Å². The maximum Gasteiger partial charge on any atom is 0.573 e. The number of amides is 1. The second-order valence-electron chi connectivity index (χ2n) is 4.29. The van der Waals surface area contributed by atoms with Crippen molar-refractivity contribution in [3.05, 3.63) is 54.0 Å². The number of para-hydroxylation sites is 1. The van der Waals surface area contributed by atoms with Gasteiger partial charge in [0.25, 0.3) is 5.91 Å². The number of ether oxygens (including phenoxy) is 1. The van der Waals surface area contributed by atoms with Gasteiger partial charge in [-0.15, -0.1) is 13.2 Å². The van der Waals surface area contributed by atoms with Crippen LogP contribution in [0.5, 0.6) is 5.75 Å². The van der Waals surface area contributed by atoms with Crippen LogP contribution in [-0.4, -0.2) is 24.2 Å². The summed E-state index contributed by atoms with van der Waals surface area (Å²) in [5.74, 6) is -0.641. The Bertz CT molecular complexity index is 608. The second kappa shape index (κ2) is 5.90. The van der Waals surface area contributed by atoms with Crippen LogP contribution in [0.4, 0.5) is 13.2 Å². The number of hydrogen-bond donors (Lipinski definition) is 0. The first-order chi connectivity index (χ1) is 9.87. The van der Waals surface area contributed by atoms with Gasteiger partial charge in [-0.1, -0.05) is 18.2 Å². The zero-order valence-corrected chi connectivity index (χ0v) is 11.1. The second-order valence-corrected chi connectivity index (χ2v) is 4.29. The fraction of sp³-hybridized carbons (Fsp3) is 0.214. The molecular weight excluding hydrogens is 287 g/mol. The number of rotatable bonds is 4. The maximum absolute atomic E-state index is 12.3. The highest BCUT2D eigenvalue weighted by Gasteiger charge is 2.32. The Morgan fingerprint density at radius 1 is 1.24 bits per heavy atom. The topological polar surface area (TPSA) is 42.7 Å². The number of nitrogens with zero attached hydrogens (tertiary/aromatic N) is 1. The van der Waals surface area contributed by atoms with Crippen molar-refractivity contribution in [1.29, 1.82) is 0 Å². The first-order valence-corrected chi connectivity index (χ1v) is 5.99. The molecule has 1 heterocycles. The molecule has 4 nitrogen and oxygen atoms in total. The fourth-order valence-electron chi connectivity index (χ4n) is 1.77. The van der Waals surface area contributed by atoms with Gasteiger partial charge in [-0.2, -0.15) is 0 Å². The predicted molar refractivity (Wildman–Crippen MR) is 67.6 cm³/mol. The van der Waals surface area contributed by atoms with E-state index in [1.807, 2.05) is 0 Å². The Balaban J connectivity index is 2.14. The minimum atomic E-state index is -4.78. The predicted octanol–water partition coefficient (Wildman–Crippen LogP) is 3.45. The first kappa shape index (κ1) is 15.0. The fourth-order valence-corrected chi connectivity index (χ4v) is 1.77. The van der Waals surface area contributed by atoms with Crippen LogP contribution in [0.1, 0.15) is 16.1 Å². The summed E-state index contributed by atoms with van der Waals surface area (Å²) in [4.78, 5) is 13.2. The highest BCUT2D eigenvalue weighted by Crippen LogP contribution is 2.27. The number of alkyl halides is 3. The van der Waals surface area contributed by atoms with Crippen LogP contribution in [0, 0.1) is 0 Å². The standard InChI is InChI=1S/C14H12F3NO3/c1-18(13(19)12-7-4-8-20-12)9-10-5-2-3-6-11(10)21-14(15,16)17/h2-8H,9H2,1H3. The van der Waals surface area contributed by atoms with E-state index < -0.39 is 12.3 Å². The van der Waals surface area contributed by atoms with Crippen LogP contribution in [0.3, 0.4) is 0 Å². The molecule has 1 aromatic heterocycles. The Hall–Kier alpha value is -2.44. The van der Waals surface area contributed by atoms with Crippen LogP contribution in [0.25, 0.3) is 0 Å². The zero-order chi connectivity index (χ0) is 15.5. The average Bonchev–Trinajstić information content (AvgIpc) is 2.92. The van der Waals surface area contributed by atoms with Crippen LogP contribution < -0.4 is 4.74 Å². The monoisotopic (exact) mass is 299 g/mol. The maximum atomic E-state index is 12.3. The van der Waals surface area contributed by atoms with E-state index in [0.717, 1.165) is 0 Å². The molecule has 0 radical (unpaired) electrons. The van der Waals surface area contributed by atoms with Gasteiger partial charge in [0.1, 0.15) is 5.75 Å². The molecule has 0 saturated carbocycles. The summed E-state index contributed by atoms with van der Waals surface area (Å²) in [5, 5.41) is 0. The van der Waals surface area contributed by atoms with Crippen molar-refractivity contribution < 1.29 is 27.1 Å². The summed E-state index contributed by atoms with van der Waals surface area (Å²) in [6.07, 6.45) is -3.43. The third kappa shape index (κ3) is 4.01. The number of halogens is 3. The SMILES string of the molecule is CN(Cc1ccccc1OC(F)(F)F)C(=O)c1ccco1. The van der Waals surface area contributed by atoms with Crippen molar-refractivity contribution in [1.82, 2.24) is 4.90 Å². The molecule has 0 aliphatic carbocycles. The molecule has 0 atom stereocenters. The molecule has 1 amide bonds. The third-order valence-corrected chi connectivity index (χ3v) is 2.68. The summed E-state index contributed by atoms with van der Waals surface area (Å²) in [7, 11) is 1.47. The lowest BCUT2D eigenvalue weighted by atomic mass is 10.2. The third-order valence-electron chi connectivity index (χ3n) is 2.68. The van der Waals surface area contributed by atoms with Gasteiger partial charge in [0.15, 0.2) is 5.76 Å². The van der Waals surface area contributed by atoms with Gasteiger partial charge in [0, 0.05) is 19.2 Å². The molecule has 0 fully saturated rings. The highest BCUT2D eigenvalue weighted by molar-refractivity contribution is 5.91. The van der Waals surface area contributed by atoms with E-state index in [4.69, 9.17) is 4.42 Å². The quantitative estimate of drug-likeness (QED) is 0.868. The van der Waals surface area contributed by atoms with Crippen LogP contribution >= 0.6 is 0 Å². The van der Waals surface area contributed by atoms with Crippen molar-refractivity contribution in [2.75, 3.05) is 7.05 Å². The average molecular weight is 299 g/mol. The van der Waals surface area contributed by atoms with Crippen molar-refractivity contribution >= 4 is 5.91 Å². The smallest absolute Gasteiger partial charge is 0.459 e. The molecule has 2 aromatic rings. The Morgan fingerprint density at radius 3 is 2.57 bits per heavy atom. The molecule has 0 saturated heterocycles. The number of carbonyl (C=O) groups excluding carboxylic acids is 1. The van der Waals surface area contributed by atoms with Gasteiger partial charge in [-0.25, -0.2) is 0 Å². The van der Waals surface area contributed by atoms with E-state index in [-0.39, 0.29) is 23.6 Å². The molecular formula is C14H12F3NO3. The van der Waals surface area contributed by atoms with E-state index in [9.17, 15) is 18.0 Å². The molecule has 0 spiro atoms. The lowest BCUT2D eigenvalue weighted by Crippen LogP contribution is -2.26. The number of hydrogen-bond acceptors (Lipinski definition) is 3. The largest absolute Gasteiger partial charge is 0.573 e. The summed E-state index contributed by atoms with van der Waals surface area (Å²) in [5.41, 5.74) is 0.247. The Labute approximate surface area is 118 Å². The Morgan fingerprint density at radius 2 is 1.95 bits per heavy atom. The van der Waals surface area contributed by atoms with Gasteiger partial charge in [0.05, 0.1) is 6.26 Å². The van der Waals surface area contributed by atoms with Gasteiger partial charge in [0.2, 0.25) is 0 Å². The van der Waals surface area contributed by atoms with Gasteiger partial charge < -0.3 is 14.1 Å². The Kier molecular flexibility index (Phi) is 4.21. The van der Waals surface area contributed by atoms with E-state index in [1.54, 1.807) is 12.1 Å². The van der Waals surface area contributed by atoms with E-state index >= 15 is 0 Å². The summed E-state index contributed by atoms with van der Waals surface area (Å²) in [6, 6.07) is 8.71. The minimum absolute atomic E-state index is 0.0359. The van der Waals surface area contributed by atoms with Crippen LogP contribution in [0.2, 0.25) is 0 Å². The lowest BCUT2D eigenvalue weighted by Gasteiger charge is -2.19. The molecule has 0 aliphatic rings. The molecule has 0 unspecified atom stereocenters. The molecule has 7 heteroatoms. The highest BCUT2D eigenvalue weighted by atomic mass is 19.4. The van der Waals surface area contributed by atoms with Crippen molar-refractivity contribution in [3.8, 4) is 5.75 Å². The zero-order valence-electron chi connectivity index (χ0n) is 11.1. The lowest BCUT2D eigenvalue weighted by molar-refractivity contribution is -0.275. The van der Waals surface area contributed by atoms with E-state index in [1.165, 1.54) is 42.5 Å². The molecule has 112 valence electrons. The normalized spacial score (nSPS) is 11.2. The van der Waals surface area contributed by atoms with Crippen LogP contribution in [-0.2, 0) is 6.54 Å². The summed E-state index contributed by atoms with van der Waals surface area (Å²) in [6.45, 7) is -0.0359. The number of furan rings is 1. The van der Waals surface area contributed by atoms with Crippen molar-refractivity contribution in [2.24, 2.45) is 0 Å². The summed E-state index contributed by atoms with van der Waals surface area (Å²) >= 11 is 0. The van der Waals surface area contributed by atoms with Crippen molar-refractivity contribution in [3.63, 3.8) is 0 Å². The van der Waals surface area contributed by atoms with E-state index in [2.05, 4.69) is 4.74 Å². The number of benzene rings is 1. The van der Waals surface area contributed by atoms with Crippen molar-refractivity contribution in [2.45, 2.75) is 12.9 Å². The molecule has 0 N–H and O–H groups in total. The van der Waals surface area contributed by atoms with Crippen LogP contribution in [0.15, 0.2) is 47.1 Å². The van der Waals surface area contributed by atoms with E-state index in [0.29, 0.717) is 0 Å². The molecule has 21 heavy (non-hydrogen) atoms. The first-order valence-electron chi connectivity index (χ1n) is 5.99. The van der Waals surface area contributed by atoms with Gasteiger partial charge >= 0.3 is 6.36 Å². The summed E-state index contributed by atoms with van der Waals surface area (Å²) < 4.78 is 45.9. The minimum Gasteiger partial charge on any atom is -0.459 e. The number of carbonyl (C=O) groups is 1.